The van der Waals surface area contributed by atoms with E-state index in [0.29, 0.717) is 6.42 Å². The van der Waals surface area contributed by atoms with Crippen molar-refractivity contribution in [3.63, 3.8) is 0 Å². The molecule has 2 aliphatic heterocycles. The van der Waals surface area contributed by atoms with Crippen molar-refractivity contribution in [2.24, 2.45) is 0 Å². The van der Waals surface area contributed by atoms with Gasteiger partial charge in [0.25, 0.3) is 0 Å². The van der Waals surface area contributed by atoms with Gasteiger partial charge in [-0.1, -0.05) is 31.2 Å². The molecule has 0 spiro atoms. The Kier molecular flexibility index (Phi) is 4.35. The molecule has 0 unspecified atom stereocenters. The Bertz CT molecular complexity index is 723. The van der Waals surface area contributed by atoms with Gasteiger partial charge in [0.15, 0.2) is 0 Å². The summed E-state index contributed by atoms with van der Waals surface area (Å²) in [4.78, 5) is 18.6. The molecule has 0 atom stereocenters. The molecule has 0 radical (unpaired) electrons. The van der Waals surface area contributed by atoms with Crippen LogP contribution < -0.4 is 9.80 Å². The Labute approximate surface area is 149 Å². The van der Waals surface area contributed by atoms with Gasteiger partial charge in [-0.3, -0.25) is 4.79 Å². The second-order valence-corrected chi connectivity index (χ2v) is 6.86. The highest BCUT2D eigenvalue weighted by Crippen LogP contribution is 2.29. The van der Waals surface area contributed by atoms with E-state index in [9.17, 15) is 4.79 Å². The fourth-order valence-electron chi connectivity index (χ4n) is 3.83. The van der Waals surface area contributed by atoms with Gasteiger partial charge >= 0.3 is 0 Å². The van der Waals surface area contributed by atoms with Crippen LogP contribution in [0.5, 0.6) is 0 Å². The standard InChI is InChI=1S/C21H25N3O/c1-2-21(25)23-13-11-22(12-14-23)19-7-9-20(10-8-19)24-15-17-5-3-4-6-18(17)16-24/h3-10H,2,11-16H2,1H3. The molecule has 1 saturated heterocycles. The molecule has 0 aliphatic carbocycles. The summed E-state index contributed by atoms with van der Waals surface area (Å²) in [6.07, 6.45) is 0.604. The van der Waals surface area contributed by atoms with Crippen LogP contribution in [0, 0.1) is 0 Å². The molecule has 2 aromatic rings. The van der Waals surface area contributed by atoms with Gasteiger partial charge in [0, 0.05) is 57.1 Å². The van der Waals surface area contributed by atoms with Crippen molar-refractivity contribution in [3.05, 3.63) is 59.7 Å². The van der Waals surface area contributed by atoms with Crippen molar-refractivity contribution < 1.29 is 4.79 Å². The summed E-state index contributed by atoms with van der Waals surface area (Å²) in [6.45, 7) is 7.41. The average Bonchev–Trinajstić information content (AvgIpc) is 3.12. The Morgan fingerprint density at radius 3 is 1.84 bits per heavy atom. The molecule has 0 bridgehead atoms. The SMILES string of the molecule is CCC(=O)N1CCN(c2ccc(N3Cc4ccccc4C3)cc2)CC1. The third-order valence-electron chi connectivity index (χ3n) is 5.36. The zero-order chi connectivity index (χ0) is 17.2. The smallest absolute Gasteiger partial charge is 0.222 e. The third kappa shape index (κ3) is 3.21. The van der Waals surface area contributed by atoms with Crippen molar-refractivity contribution in [1.29, 1.82) is 0 Å². The van der Waals surface area contributed by atoms with Crippen LogP contribution in [0.4, 0.5) is 11.4 Å². The molecule has 0 saturated carbocycles. The highest BCUT2D eigenvalue weighted by Gasteiger charge is 2.21. The lowest BCUT2D eigenvalue weighted by Gasteiger charge is -2.36. The molecule has 4 rings (SSSR count). The van der Waals surface area contributed by atoms with Gasteiger partial charge in [-0.25, -0.2) is 0 Å². The summed E-state index contributed by atoms with van der Waals surface area (Å²) >= 11 is 0. The number of rotatable bonds is 3. The van der Waals surface area contributed by atoms with Crippen LogP contribution in [0.15, 0.2) is 48.5 Å². The average molecular weight is 335 g/mol. The van der Waals surface area contributed by atoms with Gasteiger partial charge in [-0.15, -0.1) is 0 Å². The fourth-order valence-corrected chi connectivity index (χ4v) is 3.83. The van der Waals surface area contributed by atoms with E-state index in [4.69, 9.17) is 0 Å². The number of amides is 1. The van der Waals surface area contributed by atoms with Crippen LogP contribution in [0.2, 0.25) is 0 Å². The molecule has 2 aliphatic rings. The lowest BCUT2D eigenvalue weighted by atomic mass is 10.1. The maximum absolute atomic E-state index is 11.8. The second-order valence-electron chi connectivity index (χ2n) is 6.86. The van der Waals surface area contributed by atoms with Crippen LogP contribution in [-0.2, 0) is 17.9 Å². The summed E-state index contributed by atoms with van der Waals surface area (Å²) in [5.74, 6) is 0.267. The first-order chi connectivity index (χ1) is 12.2. The Morgan fingerprint density at radius 2 is 1.32 bits per heavy atom. The molecule has 0 N–H and O–H groups in total. The van der Waals surface area contributed by atoms with Crippen molar-refractivity contribution in [3.8, 4) is 0 Å². The number of nitrogens with zero attached hydrogens (tertiary/aromatic N) is 3. The van der Waals surface area contributed by atoms with Crippen LogP contribution in [0.3, 0.4) is 0 Å². The van der Waals surface area contributed by atoms with E-state index in [-0.39, 0.29) is 5.91 Å². The maximum atomic E-state index is 11.8. The molecule has 4 nitrogen and oxygen atoms in total. The predicted molar refractivity (Wildman–Crippen MR) is 102 cm³/mol. The van der Waals surface area contributed by atoms with Crippen molar-refractivity contribution in [2.75, 3.05) is 36.0 Å². The number of hydrogen-bond acceptors (Lipinski definition) is 3. The molecule has 1 fully saturated rings. The van der Waals surface area contributed by atoms with Crippen LogP contribution in [0.25, 0.3) is 0 Å². The molecule has 130 valence electrons. The topological polar surface area (TPSA) is 26.8 Å². The maximum Gasteiger partial charge on any atom is 0.222 e. The van der Waals surface area contributed by atoms with Gasteiger partial charge in [0.05, 0.1) is 0 Å². The number of hydrogen-bond donors (Lipinski definition) is 0. The lowest BCUT2D eigenvalue weighted by Crippen LogP contribution is -2.48. The Hall–Kier alpha value is -2.49. The summed E-state index contributed by atoms with van der Waals surface area (Å²) in [6, 6.07) is 17.6. The van der Waals surface area contributed by atoms with Crippen LogP contribution in [0.1, 0.15) is 24.5 Å². The first-order valence-electron chi connectivity index (χ1n) is 9.19. The number of carbonyl (C=O) groups excluding carboxylic acids is 1. The number of fused-ring (bicyclic) bond motifs is 1. The molecule has 25 heavy (non-hydrogen) atoms. The monoisotopic (exact) mass is 335 g/mol. The quantitative estimate of drug-likeness (QED) is 0.861. The van der Waals surface area contributed by atoms with Gasteiger partial charge < -0.3 is 14.7 Å². The number of benzene rings is 2. The fraction of sp³-hybridized carbons (Fsp3) is 0.381. The summed E-state index contributed by atoms with van der Waals surface area (Å²) in [5, 5.41) is 0. The van der Waals surface area contributed by atoms with Crippen LogP contribution >= 0.6 is 0 Å². The van der Waals surface area contributed by atoms with Gasteiger partial charge in [-0.05, 0) is 35.4 Å². The van der Waals surface area contributed by atoms with Crippen molar-refractivity contribution in [2.45, 2.75) is 26.4 Å². The largest absolute Gasteiger partial charge is 0.368 e. The minimum absolute atomic E-state index is 0.267. The van der Waals surface area contributed by atoms with Gasteiger partial charge in [0.1, 0.15) is 0 Å². The molecular weight excluding hydrogens is 310 g/mol. The molecular formula is C21H25N3O. The van der Waals surface area contributed by atoms with E-state index in [1.807, 2.05) is 11.8 Å². The van der Waals surface area contributed by atoms with E-state index in [2.05, 4.69) is 58.3 Å². The number of piperazine rings is 1. The summed E-state index contributed by atoms with van der Waals surface area (Å²) < 4.78 is 0. The van der Waals surface area contributed by atoms with E-state index in [1.165, 1.54) is 22.5 Å². The van der Waals surface area contributed by atoms with Crippen LogP contribution in [-0.4, -0.2) is 37.0 Å². The van der Waals surface area contributed by atoms with E-state index in [0.717, 1.165) is 39.3 Å². The second kappa shape index (κ2) is 6.79. The minimum Gasteiger partial charge on any atom is -0.368 e. The molecule has 4 heteroatoms. The molecule has 1 amide bonds. The van der Waals surface area contributed by atoms with E-state index >= 15 is 0 Å². The third-order valence-corrected chi connectivity index (χ3v) is 5.36. The Balaban J connectivity index is 1.39. The lowest BCUT2D eigenvalue weighted by molar-refractivity contribution is -0.131. The predicted octanol–water partition coefficient (Wildman–Crippen LogP) is 3.27. The minimum atomic E-state index is 0.267. The molecule has 2 aromatic carbocycles. The highest BCUT2D eigenvalue weighted by molar-refractivity contribution is 5.76. The van der Waals surface area contributed by atoms with Gasteiger partial charge in [-0.2, -0.15) is 0 Å². The number of carbonyl (C=O) groups is 1. The summed E-state index contributed by atoms with van der Waals surface area (Å²) in [7, 11) is 0. The molecule has 0 aromatic heterocycles. The number of anilines is 2. The van der Waals surface area contributed by atoms with Crippen molar-refractivity contribution in [1.82, 2.24) is 4.90 Å². The van der Waals surface area contributed by atoms with E-state index < -0.39 is 0 Å². The van der Waals surface area contributed by atoms with E-state index in [1.54, 1.807) is 0 Å². The first-order valence-corrected chi connectivity index (χ1v) is 9.19. The zero-order valence-electron chi connectivity index (χ0n) is 14.8. The zero-order valence-corrected chi connectivity index (χ0v) is 14.8. The summed E-state index contributed by atoms with van der Waals surface area (Å²) in [5.41, 5.74) is 5.40. The van der Waals surface area contributed by atoms with Crippen molar-refractivity contribution >= 4 is 17.3 Å². The Morgan fingerprint density at radius 1 is 0.800 bits per heavy atom. The van der Waals surface area contributed by atoms with Gasteiger partial charge in [0.2, 0.25) is 5.91 Å². The molecule has 2 heterocycles. The first kappa shape index (κ1) is 16.0. The highest BCUT2D eigenvalue weighted by atomic mass is 16.2. The normalized spacial score (nSPS) is 16.9.